The first-order valence-corrected chi connectivity index (χ1v) is 11.9. The van der Waals surface area contributed by atoms with Crippen molar-refractivity contribution in [1.29, 1.82) is 0 Å². The number of ketones is 1. The van der Waals surface area contributed by atoms with Crippen molar-refractivity contribution < 1.29 is 19.1 Å². The van der Waals surface area contributed by atoms with E-state index in [9.17, 15) is 9.59 Å². The largest absolute Gasteiger partial charge is 0.483 e. The lowest BCUT2D eigenvalue weighted by atomic mass is 9.70. The second-order valence-corrected chi connectivity index (χ2v) is 10.3. The van der Waals surface area contributed by atoms with E-state index < -0.39 is 6.04 Å². The summed E-state index contributed by atoms with van der Waals surface area (Å²) in [7, 11) is 0. The molecule has 1 amide bonds. The Bertz CT molecular complexity index is 906. The number of nitrogens with zero attached hydrogens (tertiary/aromatic N) is 1. The van der Waals surface area contributed by atoms with E-state index >= 15 is 0 Å². The summed E-state index contributed by atoms with van der Waals surface area (Å²) in [6.07, 6.45) is 3.44. The Morgan fingerprint density at radius 1 is 1.17 bits per heavy atom. The quantitative estimate of drug-likeness (QED) is 0.651. The van der Waals surface area contributed by atoms with E-state index in [4.69, 9.17) is 9.47 Å². The van der Waals surface area contributed by atoms with E-state index in [1.165, 1.54) is 0 Å². The van der Waals surface area contributed by atoms with Crippen LogP contribution >= 0.6 is 15.9 Å². The summed E-state index contributed by atoms with van der Waals surface area (Å²) in [6, 6.07) is 7.50. The molecule has 6 heteroatoms. The fourth-order valence-electron chi connectivity index (χ4n) is 5.53. The maximum atomic E-state index is 13.7. The Balaban J connectivity index is 1.55. The van der Waals surface area contributed by atoms with Gasteiger partial charge in [-0.3, -0.25) is 9.59 Å². The van der Waals surface area contributed by atoms with Crippen LogP contribution in [0.15, 0.2) is 40.1 Å². The molecule has 0 N–H and O–H groups in total. The van der Waals surface area contributed by atoms with Gasteiger partial charge in [-0.2, -0.15) is 0 Å². The van der Waals surface area contributed by atoms with Gasteiger partial charge in [0.15, 0.2) is 11.5 Å². The Kier molecular flexibility index (Phi) is 5.26. The van der Waals surface area contributed by atoms with Gasteiger partial charge in [0.25, 0.3) is 5.91 Å². The van der Waals surface area contributed by atoms with Crippen molar-refractivity contribution >= 4 is 27.6 Å². The summed E-state index contributed by atoms with van der Waals surface area (Å²) in [5, 5.41) is 0. The van der Waals surface area contributed by atoms with E-state index in [-0.39, 0.29) is 35.6 Å². The van der Waals surface area contributed by atoms with Crippen LogP contribution in [0, 0.1) is 17.8 Å². The minimum absolute atomic E-state index is 0.0161. The average Bonchev–Trinajstić information content (AvgIpc) is 3.32. The number of hydrogen-bond donors (Lipinski definition) is 0. The zero-order valence-electron chi connectivity index (χ0n) is 17.5. The summed E-state index contributed by atoms with van der Waals surface area (Å²) < 4.78 is 13.1. The van der Waals surface area contributed by atoms with Gasteiger partial charge in [-0.1, -0.05) is 41.9 Å². The van der Waals surface area contributed by atoms with Crippen molar-refractivity contribution in [3.05, 3.63) is 45.6 Å². The molecule has 3 aliphatic heterocycles. The predicted octanol–water partition coefficient (Wildman–Crippen LogP) is 4.42. The molecule has 160 valence electrons. The number of hydrogen-bond acceptors (Lipinski definition) is 4. The topological polar surface area (TPSA) is 55.8 Å². The highest BCUT2D eigenvalue weighted by atomic mass is 79.9. The lowest BCUT2D eigenvalue weighted by molar-refractivity contribution is -0.138. The van der Waals surface area contributed by atoms with Gasteiger partial charge in [-0.05, 0) is 55.2 Å². The predicted molar refractivity (Wildman–Crippen MR) is 116 cm³/mol. The van der Waals surface area contributed by atoms with Gasteiger partial charge in [-0.15, -0.1) is 0 Å². The second-order valence-electron chi connectivity index (χ2n) is 9.35. The van der Waals surface area contributed by atoms with Crippen molar-refractivity contribution in [2.75, 3.05) is 13.2 Å². The molecule has 1 aromatic carbocycles. The van der Waals surface area contributed by atoms with E-state index in [0.717, 1.165) is 42.3 Å². The number of carbonyl (C=O) groups is 2. The zero-order valence-corrected chi connectivity index (χ0v) is 19.1. The number of Topliss-reactive ketones (excluding diaryl/α,β-unsaturated/α-hetero) is 1. The lowest BCUT2D eigenvalue weighted by Crippen LogP contribution is -2.43. The first-order valence-electron chi connectivity index (χ1n) is 11.1. The molecule has 5 rings (SSSR count). The Morgan fingerprint density at radius 3 is 2.70 bits per heavy atom. The second kappa shape index (κ2) is 7.79. The summed E-state index contributed by atoms with van der Waals surface area (Å²) in [5.41, 5.74) is 1.49. The average molecular weight is 474 g/mol. The smallest absolute Gasteiger partial charge is 0.290 e. The van der Waals surface area contributed by atoms with E-state index in [2.05, 4.69) is 29.8 Å². The molecule has 1 aliphatic carbocycles. The lowest BCUT2D eigenvalue weighted by Gasteiger charge is -2.40. The fraction of sp³-hybridized carbons (Fsp3) is 0.583. The van der Waals surface area contributed by atoms with Crippen LogP contribution < -0.4 is 0 Å². The molecular weight excluding hydrogens is 446 g/mol. The first-order chi connectivity index (χ1) is 14.4. The van der Waals surface area contributed by atoms with Crippen molar-refractivity contribution in [3.63, 3.8) is 0 Å². The normalized spacial score (nSPS) is 36.0. The molecule has 1 aromatic rings. The zero-order chi connectivity index (χ0) is 21.0. The van der Waals surface area contributed by atoms with Crippen molar-refractivity contribution in [1.82, 2.24) is 4.90 Å². The number of rotatable bonds is 3. The molecular formula is C24H28BrNO4. The summed E-state index contributed by atoms with van der Waals surface area (Å²) in [6.45, 7) is 5.65. The number of ether oxygens (including phenoxy) is 2. The summed E-state index contributed by atoms with van der Waals surface area (Å²) in [5.74, 6) is 1.04. The Morgan fingerprint density at radius 2 is 1.97 bits per heavy atom. The van der Waals surface area contributed by atoms with E-state index in [0.29, 0.717) is 24.0 Å². The Labute approximate surface area is 185 Å². The molecule has 4 aliphatic rings. The van der Waals surface area contributed by atoms with Crippen LogP contribution in [0.3, 0.4) is 0 Å². The third-order valence-corrected chi connectivity index (χ3v) is 7.89. The maximum absolute atomic E-state index is 13.7. The number of amides is 1. The van der Waals surface area contributed by atoms with E-state index in [1.807, 2.05) is 29.2 Å². The molecule has 0 aromatic heterocycles. The summed E-state index contributed by atoms with van der Waals surface area (Å²) in [4.78, 5) is 29.0. The number of carbonyl (C=O) groups excluding carboxylic acids is 2. The van der Waals surface area contributed by atoms with Crippen molar-refractivity contribution in [2.45, 2.75) is 57.8 Å². The molecule has 3 heterocycles. The fourth-order valence-corrected chi connectivity index (χ4v) is 5.94. The standard InChI is InChI=1S/C24H28BrNO4/c1-13-9-18-19(10-14(13)2)30-23-20(22(18)27)21(15-5-3-6-16(25)11-15)26(24(23)28)12-17-7-4-8-29-17/h3,5-6,11,13-14,17-19,21H,4,7-10,12H2,1-2H3. The van der Waals surface area contributed by atoms with Crippen molar-refractivity contribution in [2.24, 2.45) is 17.8 Å². The molecule has 0 spiro atoms. The monoisotopic (exact) mass is 473 g/mol. The maximum Gasteiger partial charge on any atom is 0.290 e. The minimum Gasteiger partial charge on any atom is -0.483 e. The molecule has 0 radical (unpaired) electrons. The highest BCUT2D eigenvalue weighted by Crippen LogP contribution is 2.49. The Hall–Kier alpha value is -1.66. The van der Waals surface area contributed by atoms with E-state index in [1.54, 1.807) is 0 Å². The molecule has 6 unspecified atom stereocenters. The van der Waals surface area contributed by atoms with Gasteiger partial charge >= 0.3 is 0 Å². The molecule has 2 fully saturated rings. The van der Waals surface area contributed by atoms with Crippen LogP contribution in [0.5, 0.6) is 0 Å². The van der Waals surface area contributed by atoms with Crippen LogP contribution in [0.2, 0.25) is 0 Å². The van der Waals surface area contributed by atoms with Gasteiger partial charge in [0.1, 0.15) is 6.10 Å². The molecule has 6 atom stereocenters. The van der Waals surface area contributed by atoms with Crippen LogP contribution in [-0.4, -0.2) is 41.9 Å². The van der Waals surface area contributed by atoms with Crippen LogP contribution in [0.4, 0.5) is 0 Å². The SMILES string of the molecule is CC1CC2OC3=C(C(=O)C2CC1C)C(c1cccc(Br)c1)N(CC1CCCO1)C3=O. The third-order valence-electron chi connectivity index (χ3n) is 7.40. The van der Waals surface area contributed by atoms with Crippen LogP contribution in [-0.2, 0) is 19.1 Å². The molecule has 0 bridgehead atoms. The first kappa shape index (κ1) is 20.3. The van der Waals surface area contributed by atoms with Gasteiger partial charge in [-0.25, -0.2) is 0 Å². The van der Waals surface area contributed by atoms with Gasteiger partial charge < -0.3 is 14.4 Å². The minimum atomic E-state index is -0.405. The highest BCUT2D eigenvalue weighted by molar-refractivity contribution is 9.10. The molecule has 30 heavy (non-hydrogen) atoms. The van der Waals surface area contributed by atoms with Gasteiger partial charge in [0.2, 0.25) is 0 Å². The van der Waals surface area contributed by atoms with Crippen LogP contribution in [0.1, 0.15) is 51.1 Å². The van der Waals surface area contributed by atoms with Gasteiger partial charge in [0, 0.05) is 17.6 Å². The van der Waals surface area contributed by atoms with Crippen LogP contribution in [0.25, 0.3) is 0 Å². The molecule has 5 nitrogen and oxygen atoms in total. The summed E-state index contributed by atoms with van der Waals surface area (Å²) >= 11 is 3.55. The molecule has 1 saturated carbocycles. The highest BCUT2D eigenvalue weighted by Gasteiger charge is 2.53. The number of halogens is 1. The molecule has 1 saturated heterocycles. The third kappa shape index (κ3) is 3.32. The number of fused-ring (bicyclic) bond motifs is 1. The van der Waals surface area contributed by atoms with Gasteiger partial charge in [0.05, 0.1) is 23.6 Å². The van der Waals surface area contributed by atoms with Crippen molar-refractivity contribution in [3.8, 4) is 0 Å². The number of benzene rings is 1.